The summed E-state index contributed by atoms with van der Waals surface area (Å²) in [7, 11) is 0. The minimum atomic E-state index is -0.156. The first kappa shape index (κ1) is 17.7. The summed E-state index contributed by atoms with van der Waals surface area (Å²) >= 11 is 3.23. The smallest absolute Gasteiger partial charge is 0.233 e. The topological polar surface area (TPSA) is 54.9 Å². The number of fused-ring (bicyclic) bond motifs is 1. The lowest BCUT2D eigenvalue weighted by Crippen LogP contribution is -2.44. The van der Waals surface area contributed by atoms with Gasteiger partial charge in [-0.05, 0) is 45.1 Å². The molecule has 1 saturated carbocycles. The maximum Gasteiger partial charge on any atom is 0.233 e. The number of amides is 1. The maximum atomic E-state index is 12.6. The lowest BCUT2D eigenvalue weighted by Gasteiger charge is -2.30. The van der Waals surface area contributed by atoms with Crippen molar-refractivity contribution < 1.29 is 4.79 Å². The number of carbonyl (C=O) groups excluding carboxylic acids is 1. The molecule has 24 heavy (non-hydrogen) atoms. The molecule has 130 valence electrons. The summed E-state index contributed by atoms with van der Waals surface area (Å²) in [5.41, 5.74) is 1.23. The molecule has 1 amide bonds. The Labute approximate surface area is 151 Å². The van der Waals surface area contributed by atoms with Gasteiger partial charge in [0.15, 0.2) is 0 Å². The molecule has 0 radical (unpaired) electrons. The molecule has 3 rings (SSSR count). The van der Waals surface area contributed by atoms with Crippen LogP contribution in [0.4, 0.5) is 0 Å². The normalized spacial score (nSPS) is 22.5. The average molecular weight is 364 g/mol. The van der Waals surface area contributed by atoms with Crippen molar-refractivity contribution in [2.45, 2.75) is 69.7 Å². The number of rotatable bonds is 4. The van der Waals surface area contributed by atoms with E-state index >= 15 is 0 Å². The van der Waals surface area contributed by atoms with Crippen LogP contribution in [-0.2, 0) is 4.79 Å². The van der Waals surface area contributed by atoms with Crippen LogP contribution >= 0.6 is 23.1 Å². The molecule has 3 atom stereocenters. The first-order valence-electron chi connectivity index (χ1n) is 8.65. The van der Waals surface area contributed by atoms with Gasteiger partial charge in [0.05, 0.1) is 5.25 Å². The van der Waals surface area contributed by atoms with Gasteiger partial charge in [0.2, 0.25) is 5.91 Å². The third-order valence-electron chi connectivity index (χ3n) is 5.03. The van der Waals surface area contributed by atoms with Gasteiger partial charge < -0.3 is 5.32 Å². The quantitative estimate of drug-likeness (QED) is 0.642. The summed E-state index contributed by atoms with van der Waals surface area (Å²) < 4.78 is 0. The summed E-state index contributed by atoms with van der Waals surface area (Å²) in [6, 6.07) is 0.324. The highest BCUT2D eigenvalue weighted by Gasteiger charge is 2.26. The summed E-state index contributed by atoms with van der Waals surface area (Å²) in [5, 5.41) is 5.13. The second-order valence-electron chi connectivity index (χ2n) is 6.78. The van der Waals surface area contributed by atoms with Gasteiger partial charge in [-0.2, -0.15) is 0 Å². The molecule has 2 aromatic rings. The van der Waals surface area contributed by atoms with Crippen LogP contribution < -0.4 is 5.32 Å². The molecule has 0 spiro atoms. The Kier molecular flexibility index (Phi) is 5.45. The number of thiophene rings is 1. The Morgan fingerprint density at radius 3 is 2.83 bits per heavy atom. The molecule has 1 aliphatic rings. The SMILES string of the molecule is Cc1sc2ncnc(S[C@@H](C)C(=O)N[C@@H]3CCCC[C@@H]3C)c2c1C. The highest BCUT2D eigenvalue weighted by molar-refractivity contribution is 8.00. The van der Waals surface area contributed by atoms with Crippen LogP contribution in [0.3, 0.4) is 0 Å². The van der Waals surface area contributed by atoms with Crippen LogP contribution in [0.5, 0.6) is 0 Å². The number of nitrogens with zero attached hydrogens (tertiary/aromatic N) is 2. The standard InChI is InChI=1S/C18H25N3OS2/c1-10-7-5-6-8-14(10)21-16(22)13(4)24-18-15-11(2)12(3)23-17(15)19-9-20-18/h9-10,13-14H,5-8H2,1-4H3,(H,21,22)/t10-,13-,14+/m0/s1. The zero-order chi connectivity index (χ0) is 17.3. The second kappa shape index (κ2) is 7.40. The number of hydrogen-bond acceptors (Lipinski definition) is 5. The fourth-order valence-electron chi connectivity index (χ4n) is 3.29. The number of hydrogen-bond donors (Lipinski definition) is 1. The zero-order valence-corrected chi connectivity index (χ0v) is 16.4. The van der Waals surface area contributed by atoms with Crippen LogP contribution in [0.2, 0.25) is 0 Å². The maximum absolute atomic E-state index is 12.6. The number of carbonyl (C=O) groups is 1. The Balaban J connectivity index is 1.72. The Bertz CT molecular complexity index is 743. The van der Waals surface area contributed by atoms with Crippen LogP contribution in [0.1, 0.15) is 50.0 Å². The van der Waals surface area contributed by atoms with Crippen molar-refractivity contribution in [1.29, 1.82) is 0 Å². The molecule has 0 aliphatic heterocycles. The van der Waals surface area contributed by atoms with E-state index in [1.165, 1.54) is 29.7 Å². The van der Waals surface area contributed by atoms with Crippen molar-refractivity contribution in [3.63, 3.8) is 0 Å². The van der Waals surface area contributed by atoms with E-state index in [-0.39, 0.29) is 11.2 Å². The largest absolute Gasteiger partial charge is 0.352 e. The van der Waals surface area contributed by atoms with Gasteiger partial charge in [0.25, 0.3) is 0 Å². The number of thioether (sulfide) groups is 1. The molecule has 1 fully saturated rings. The van der Waals surface area contributed by atoms with Crippen LogP contribution in [0.15, 0.2) is 11.4 Å². The average Bonchev–Trinajstić information content (AvgIpc) is 2.85. The fourth-order valence-corrected chi connectivity index (χ4v) is 5.34. The highest BCUT2D eigenvalue weighted by Crippen LogP contribution is 2.36. The monoisotopic (exact) mass is 363 g/mol. The van der Waals surface area contributed by atoms with Crippen molar-refractivity contribution in [3.05, 3.63) is 16.8 Å². The number of aryl methyl sites for hydroxylation is 2. The molecule has 2 heterocycles. The van der Waals surface area contributed by atoms with Gasteiger partial charge in [-0.3, -0.25) is 4.79 Å². The van der Waals surface area contributed by atoms with Crippen LogP contribution in [0.25, 0.3) is 10.2 Å². The van der Waals surface area contributed by atoms with Crippen molar-refractivity contribution in [2.75, 3.05) is 0 Å². The Morgan fingerprint density at radius 2 is 2.08 bits per heavy atom. The Morgan fingerprint density at radius 1 is 1.33 bits per heavy atom. The number of nitrogens with one attached hydrogen (secondary N) is 1. The molecular formula is C18H25N3OS2. The van der Waals surface area contributed by atoms with E-state index in [0.29, 0.717) is 12.0 Å². The lowest BCUT2D eigenvalue weighted by molar-refractivity contribution is -0.121. The van der Waals surface area contributed by atoms with Crippen molar-refractivity contribution >= 4 is 39.2 Å². The van der Waals surface area contributed by atoms with Crippen molar-refractivity contribution in [1.82, 2.24) is 15.3 Å². The molecule has 4 nitrogen and oxygen atoms in total. The first-order valence-corrected chi connectivity index (χ1v) is 10.3. The summed E-state index contributed by atoms with van der Waals surface area (Å²) in [5.74, 6) is 0.697. The molecule has 0 unspecified atom stereocenters. The molecular weight excluding hydrogens is 338 g/mol. The first-order chi connectivity index (χ1) is 11.5. The van der Waals surface area contributed by atoms with Crippen LogP contribution in [-0.4, -0.2) is 27.2 Å². The highest BCUT2D eigenvalue weighted by atomic mass is 32.2. The van der Waals surface area contributed by atoms with E-state index in [1.807, 2.05) is 6.92 Å². The molecule has 0 saturated heterocycles. The van der Waals surface area contributed by atoms with E-state index in [0.717, 1.165) is 21.7 Å². The summed E-state index contributed by atoms with van der Waals surface area (Å²) in [6.07, 6.45) is 6.43. The second-order valence-corrected chi connectivity index (χ2v) is 9.31. The summed E-state index contributed by atoms with van der Waals surface area (Å²) in [4.78, 5) is 23.7. The minimum Gasteiger partial charge on any atom is -0.352 e. The van der Waals surface area contributed by atoms with E-state index in [9.17, 15) is 4.79 Å². The van der Waals surface area contributed by atoms with Gasteiger partial charge in [-0.15, -0.1) is 11.3 Å². The third-order valence-corrected chi connectivity index (χ3v) is 7.24. The lowest BCUT2D eigenvalue weighted by atomic mass is 9.86. The van der Waals surface area contributed by atoms with Gasteiger partial charge in [0.1, 0.15) is 16.2 Å². The minimum absolute atomic E-state index is 0.120. The molecule has 2 aromatic heterocycles. The molecule has 1 aliphatic carbocycles. The van der Waals surface area contributed by atoms with Gasteiger partial charge >= 0.3 is 0 Å². The van der Waals surface area contributed by atoms with Crippen molar-refractivity contribution in [2.24, 2.45) is 5.92 Å². The summed E-state index contributed by atoms with van der Waals surface area (Å²) in [6.45, 7) is 8.43. The number of aromatic nitrogens is 2. The molecule has 1 N–H and O–H groups in total. The van der Waals surface area contributed by atoms with Gasteiger partial charge in [-0.1, -0.05) is 31.5 Å². The van der Waals surface area contributed by atoms with Crippen molar-refractivity contribution in [3.8, 4) is 0 Å². The Hall–Kier alpha value is -1.14. The molecule has 0 bridgehead atoms. The fraction of sp³-hybridized carbons (Fsp3) is 0.611. The van der Waals surface area contributed by atoms with Crippen LogP contribution in [0, 0.1) is 19.8 Å². The van der Waals surface area contributed by atoms with E-state index in [4.69, 9.17) is 0 Å². The van der Waals surface area contributed by atoms with E-state index in [2.05, 4.69) is 36.1 Å². The van der Waals surface area contributed by atoms with E-state index in [1.54, 1.807) is 29.4 Å². The molecule has 6 heteroatoms. The zero-order valence-electron chi connectivity index (χ0n) is 14.8. The van der Waals surface area contributed by atoms with E-state index < -0.39 is 0 Å². The van der Waals surface area contributed by atoms with Gasteiger partial charge in [0, 0.05) is 16.3 Å². The molecule has 0 aromatic carbocycles. The predicted octanol–water partition coefficient (Wildman–Crippen LogP) is 4.48. The third kappa shape index (κ3) is 3.59. The predicted molar refractivity (Wildman–Crippen MR) is 102 cm³/mol. The van der Waals surface area contributed by atoms with Gasteiger partial charge in [-0.25, -0.2) is 9.97 Å².